The first-order valence-corrected chi connectivity index (χ1v) is 12.4. The van der Waals surface area contributed by atoms with Crippen molar-refractivity contribution in [1.82, 2.24) is 9.62 Å². The molecule has 6 nitrogen and oxygen atoms in total. The molecule has 1 heterocycles. The van der Waals surface area contributed by atoms with E-state index in [1.807, 2.05) is 4.72 Å². The maximum Gasteiger partial charge on any atom is 0.426 e. The van der Waals surface area contributed by atoms with Gasteiger partial charge in [-0.05, 0) is 48.9 Å². The van der Waals surface area contributed by atoms with E-state index in [0.29, 0.717) is 11.0 Å². The molecule has 1 aliphatic carbocycles. The molecule has 2 fully saturated rings. The zero-order valence-corrected chi connectivity index (χ0v) is 19.7. The molecular weight excluding hydrogens is 533 g/mol. The smallest absolute Gasteiger partial charge is 0.373 e. The Balaban J connectivity index is 1.81. The van der Waals surface area contributed by atoms with E-state index in [0.717, 1.165) is 24.3 Å². The van der Waals surface area contributed by atoms with E-state index >= 15 is 4.39 Å². The molecule has 37 heavy (non-hydrogen) atoms. The molecule has 2 aromatic rings. The van der Waals surface area contributed by atoms with E-state index < -0.39 is 88.0 Å². The molecule has 5 atom stereocenters. The Kier molecular flexibility index (Phi) is 6.15. The van der Waals surface area contributed by atoms with Gasteiger partial charge in [0.25, 0.3) is 5.91 Å². The second kappa shape index (κ2) is 9.24. The standard InChI is InChI=1S/C23H21F7N2O4S/c1-22(34,23(28,29)30)21(33)32-17-9-16(17)20(31-37(35,36)10-24)18(32)7-11-3-2-4-15(19(11)27)12-5-13(25)8-14(26)6-12/h2-6,8,16-18,20,31,34H,7,9-10H2,1H3/t16?,17?,18?,20?,22-/m0/s1/i9D2. The largest absolute Gasteiger partial charge is 0.426 e. The van der Waals surface area contributed by atoms with Crippen LogP contribution in [0.5, 0.6) is 0 Å². The minimum atomic E-state index is -5.52. The van der Waals surface area contributed by atoms with Crippen LogP contribution in [0.1, 0.15) is 21.6 Å². The highest BCUT2D eigenvalue weighted by Crippen LogP contribution is 2.51. The van der Waals surface area contributed by atoms with Crippen LogP contribution in [0.4, 0.5) is 30.7 Å². The molecule has 14 heteroatoms. The number of piperidine rings is 1. The van der Waals surface area contributed by atoms with E-state index in [4.69, 9.17) is 2.74 Å². The number of nitrogens with zero attached hydrogens (tertiary/aromatic N) is 1. The van der Waals surface area contributed by atoms with Crippen LogP contribution in [-0.2, 0) is 21.2 Å². The Morgan fingerprint density at radius 1 is 1.19 bits per heavy atom. The second-order valence-corrected chi connectivity index (χ2v) is 10.7. The Morgan fingerprint density at radius 3 is 2.38 bits per heavy atom. The van der Waals surface area contributed by atoms with Gasteiger partial charge in [-0.3, -0.25) is 4.79 Å². The lowest BCUT2D eigenvalue weighted by Gasteiger charge is -2.37. The highest BCUT2D eigenvalue weighted by Gasteiger charge is 2.66. The molecule has 202 valence electrons. The summed E-state index contributed by atoms with van der Waals surface area (Å²) in [6.07, 6.45) is -8.66. The number of rotatable bonds is 7. The molecule has 0 radical (unpaired) electrons. The van der Waals surface area contributed by atoms with Gasteiger partial charge in [0.05, 0.1) is 6.04 Å². The van der Waals surface area contributed by atoms with Crippen LogP contribution >= 0.6 is 0 Å². The van der Waals surface area contributed by atoms with E-state index in [9.17, 15) is 44.7 Å². The average Bonchev–Trinajstić information content (AvgIpc) is 3.20. The minimum absolute atomic E-state index is 0.137. The maximum atomic E-state index is 15.6. The number of benzene rings is 2. The molecule has 1 amide bonds. The average molecular weight is 556 g/mol. The van der Waals surface area contributed by atoms with Gasteiger partial charge in [-0.15, -0.1) is 0 Å². The second-order valence-electron chi connectivity index (χ2n) is 9.00. The topological polar surface area (TPSA) is 86.7 Å². The first kappa shape index (κ1) is 24.6. The summed E-state index contributed by atoms with van der Waals surface area (Å²) in [4.78, 5) is 13.4. The number of amides is 1. The van der Waals surface area contributed by atoms with Crippen LogP contribution in [0.15, 0.2) is 36.4 Å². The fourth-order valence-corrected chi connectivity index (χ4v) is 5.26. The lowest BCUT2D eigenvalue weighted by atomic mass is 9.93. The summed E-state index contributed by atoms with van der Waals surface area (Å²) < 4.78 is 139. The highest BCUT2D eigenvalue weighted by molar-refractivity contribution is 7.89. The van der Waals surface area contributed by atoms with Gasteiger partial charge in [0.15, 0.2) is 0 Å². The first-order valence-electron chi connectivity index (χ1n) is 11.7. The molecule has 4 unspecified atom stereocenters. The lowest BCUT2D eigenvalue weighted by Crippen LogP contribution is -2.60. The number of aliphatic hydroxyl groups is 1. The Morgan fingerprint density at radius 2 is 1.81 bits per heavy atom. The first-order chi connectivity index (χ1) is 17.8. The summed E-state index contributed by atoms with van der Waals surface area (Å²) >= 11 is 0. The SMILES string of the molecule is [2H]C1([2H])C2C(NS(=O)(=O)CF)C(Cc3cccc(-c4cc(F)cc(F)c4)c3F)N(C(=O)[C@](C)(O)C(F)(F)F)C21. The van der Waals surface area contributed by atoms with Crippen molar-refractivity contribution < 1.29 is 51.8 Å². The van der Waals surface area contributed by atoms with E-state index in [2.05, 4.69) is 0 Å². The van der Waals surface area contributed by atoms with Crippen molar-refractivity contribution in [2.45, 2.75) is 49.6 Å². The van der Waals surface area contributed by atoms with E-state index in [1.165, 1.54) is 6.07 Å². The number of sulfonamides is 1. The normalized spacial score (nSPS) is 27.2. The van der Waals surface area contributed by atoms with E-state index in [-0.39, 0.29) is 23.6 Å². The molecule has 4 rings (SSSR count). The molecule has 0 spiro atoms. The van der Waals surface area contributed by atoms with Crippen molar-refractivity contribution >= 4 is 15.9 Å². The quantitative estimate of drug-likeness (QED) is 0.512. The molecule has 1 saturated carbocycles. The number of hydrogen-bond acceptors (Lipinski definition) is 4. The van der Waals surface area contributed by atoms with Crippen LogP contribution in [0.3, 0.4) is 0 Å². The van der Waals surface area contributed by atoms with Crippen molar-refractivity contribution in [3.63, 3.8) is 0 Å². The Labute approximate surface area is 209 Å². The van der Waals surface area contributed by atoms with Gasteiger partial charge in [-0.2, -0.15) is 13.2 Å². The van der Waals surface area contributed by atoms with Gasteiger partial charge in [-0.25, -0.2) is 30.7 Å². The molecule has 0 aromatic heterocycles. The third-order valence-electron chi connectivity index (χ3n) is 6.40. The number of fused-ring (bicyclic) bond motifs is 1. The molecule has 2 aliphatic rings. The van der Waals surface area contributed by atoms with Crippen molar-refractivity contribution in [2.24, 2.45) is 5.92 Å². The summed E-state index contributed by atoms with van der Waals surface area (Å²) in [7, 11) is -4.75. The molecular formula is C23H21F7N2O4S. The van der Waals surface area contributed by atoms with Gasteiger partial charge in [-0.1, -0.05) is 18.2 Å². The van der Waals surface area contributed by atoms with Crippen LogP contribution in [0.2, 0.25) is 0 Å². The third kappa shape index (κ3) is 5.06. The van der Waals surface area contributed by atoms with Gasteiger partial charge in [0.1, 0.15) is 17.5 Å². The number of alkyl halides is 4. The monoisotopic (exact) mass is 556 g/mol. The molecule has 2 aromatic carbocycles. The van der Waals surface area contributed by atoms with Crippen LogP contribution in [-0.4, -0.2) is 60.2 Å². The van der Waals surface area contributed by atoms with Gasteiger partial charge >= 0.3 is 6.18 Å². The third-order valence-corrected chi connectivity index (χ3v) is 7.31. The zero-order valence-electron chi connectivity index (χ0n) is 20.9. The fourth-order valence-electron chi connectivity index (χ4n) is 4.47. The number of halogens is 7. The number of hydrogen-bond donors (Lipinski definition) is 2. The summed E-state index contributed by atoms with van der Waals surface area (Å²) in [6, 6.07) is -1.34. The summed E-state index contributed by atoms with van der Waals surface area (Å²) in [5.74, 6) is -6.62. The number of carbonyl (C=O) groups excluding carboxylic acids is 1. The predicted octanol–water partition coefficient (Wildman–Crippen LogP) is 3.44. The zero-order chi connectivity index (χ0) is 29.3. The lowest BCUT2D eigenvalue weighted by molar-refractivity contribution is -0.251. The highest BCUT2D eigenvalue weighted by atomic mass is 32.2. The van der Waals surface area contributed by atoms with Gasteiger partial charge in [0.2, 0.25) is 21.6 Å². The number of nitrogens with one attached hydrogen (secondary N) is 1. The summed E-state index contributed by atoms with van der Waals surface area (Å²) in [5, 5.41) is 10.1. The molecule has 0 bridgehead atoms. The fraction of sp³-hybridized carbons (Fsp3) is 0.435. The van der Waals surface area contributed by atoms with Crippen molar-refractivity contribution in [3.8, 4) is 11.1 Å². The molecule has 2 N–H and O–H groups in total. The van der Waals surface area contributed by atoms with Crippen molar-refractivity contribution in [3.05, 3.63) is 59.4 Å². The molecule has 1 saturated heterocycles. The number of carbonyl (C=O) groups is 1. The summed E-state index contributed by atoms with van der Waals surface area (Å²) in [5.41, 5.74) is -4.93. The van der Waals surface area contributed by atoms with Crippen LogP contribution < -0.4 is 4.72 Å². The maximum absolute atomic E-state index is 15.6. The Hall–Kier alpha value is -2.71. The Bertz CT molecular complexity index is 1400. The number of likely N-dealkylation sites (tertiary alicyclic amines) is 1. The predicted molar refractivity (Wildman–Crippen MR) is 116 cm³/mol. The minimum Gasteiger partial charge on any atom is -0.373 e. The van der Waals surface area contributed by atoms with Gasteiger partial charge in [0, 0.05) is 26.5 Å². The van der Waals surface area contributed by atoms with E-state index in [1.54, 1.807) is 0 Å². The van der Waals surface area contributed by atoms with Crippen LogP contribution in [0.25, 0.3) is 11.1 Å². The van der Waals surface area contributed by atoms with Crippen molar-refractivity contribution in [1.29, 1.82) is 0 Å². The van der Waals surface area contributed by atoms with Crippen molar-refractivity contribution in [2.75, 3.05) is 6.01 Å². The van der Waals surface area contributed by atoms with Gasteiger partial charge < -0.3 is 10.0 Å². The summed E-state index contributed by atoms with van der Waals surface area (Å²) in [6.45, 7) is 0.137. The molecule has 1 aliphatic heterocycles. The van der Waals surface area contributed by atoms with Crippen LogP contribution in [0, 0.1) is 23.4 Å².